The third-order valence-electron chi connectivity index (χ3n) is 3.05. The molecule has 15 heavy (non-hydrogen) atoms. The Labute approximate surface area is 97.5 Å². The van der Waals surface area contributed by atoms with Gasteiger partial charge in [0.25, 0.3) is 0 Å². The third kappa shape index (κ3) is 4.65. The summed E-state index contributed by atoms with van der Waals surface area (Å²) in [7, 11) is 1.19. The number of hydrogen-bond acceptors (Lipinski definition) is 0. The Bertz CT molecular complexity index is 291. The number of hydrogen-bond donors (Lipinski definition) is 0. The Hall–Kier alpha value is -0.563. The lowest BCUT2D eigenvalue weighted by molar-refractivity contribution is 0.633. The van der Waals surface area contributed by atoms with Crippen molar-refractivity contribution in [3.05, 3.63) is 29.3 Å². The quantitative estimate of drug-likeness (QED) is 0.510. The van der Waals surface area contributed by atoms with Crippen LogP contribution in [0.4, 0.5) is 0 Å². The van der Waals surface area contributed by atoms with Gasteiger partial charge in [-0.1, -0.05) is 61.6 Å². The van der Waals surface area contributed by atoms with Gasteiger partial charge in [0.15, 0.2) is 0 Å². The Morgan fingerprint density at radius 3 is 2.47 bits per heavy atom. The van der Waals surface area contributed by atoms with Gasteiger partial charge in [-0.15, -0.1) is 0 Å². The van der Waals surface area contributed by atoms with E-state index >= 15 is 0 Å². The molecule has 0 aliphatic carbocycles. The van der Waals surface area contributed by atoms with Gasteiger partial charge in [0.1, 0.15) is 0 Å². The van der Waals surface area contributed by atoms with Crippen molar-refractivity contribution in [3.8, 4) is 0 Å². The van der Waals surface area contributed by atoms with Gasteiger partial charge in [-0.2, -0.15) is 0 Å². The molecule has 0 atom stereocenters. The summed E-state index contributed by atoms with van der Waals surface area (Å²) in [5, 5.41) is 1.60. The summed E-state index contributed by atoms with van der Waals surface area (Å²) < 4.78 is 0. The molecule has 1 aromatic carbocycles. The van der Waals surface area contributed by atoms with E-state index < -0.39 is 0 Å². The lowest BCUT2D eigenvalue weighted by Crippen LogP contribution is -2.10. The Kier molecular flexibility index (Phi) is 5.70. The largest absolute Gasteiger partial charge is 0.0674 e. The highest BCUT2D eigenvalue weighted by molar-refractivity contribution is 6.33. The molecule has 0 fully saturated rings. The monoisotopic (exact) mass is 220 g/mol. The molecule has 0 unspecified atom stereocenters. The lowest BCUT2D eigenvalue weighted by Gasteiger charge is -2.06. The molecular weight excluding hydrogens is 196 g/mol. The number of rotatable bonds is 6. The second-order valence-electron chi connectivity index (χ2n) is 4.59. The summed E-state index contributed by atoms with van der Waals surface area (Å²) in [5.74, 6) is 0. The predicted molar refractivity (Wildman–Crippen MR) is 73.2 cm³/mol. The summed E-state index contributed by atoms with van der Waals surface area (Å²) in [6, 6.07) is 6.94. The maximum atomic E-state index is 2.35. The zero-order valence-electron chi connectivity index (χ0n) is 10.5. The molecule has 0 bridgehead atoms. The Morgan fingerprint density at radius 1 is 1.07 bits per heavy atom. The van der Waals surface area contributed by atoms with Crippen molar-refractivity contribution in [1.29, 1.82) is 0 Å². The molecule has 1 rings (SSSR count). The van der Waals surface area contributed by atoms with E-state index in [1.165, 1.54) is 54.3 Å². The molecule has 0 spiro atoms. The average molecular weight is 220 g/mol. The van der Waals surface area contributed by atoms with Crippen LogP contribution in [0.5, 0.6) is 0 Å². The topological polar surface area (TPSA) is 0 Å². The van der Waals surface area contributed by atoms with E-state index in [0.29, 0.717) is 0 Å². The fourth-order valence-electron chi connectivity index (χ4n) is 2.05. The summed E-state index contributed by atoms with van der Waals surface area (Å²) in [6.07, 6.45) is 8.24. The maximum absolute atomic E-state index is 2.35. The molecular formula is C14H24Si. The summed E-state index contributed by atoms with van der Waals surface area (Å²) in [6.45, 7) is 4.46. The van der Waals surface area contributed by atoms with Gasteiger partial charge in [-0.25, -0.2) is 0 Å². The molecule has 0 saturated heterocycles. The van der Waals surface area contributed by atoms with Gasteiger partial charge in [0, 0.05) is 10.2 Å². The highest BCUT2D eigenvalue weighted by Gasteiger charge is 1.98. The molecule has 0 heterocycles. The van der Waals surface area contributed by atoms with Gasteiger partial charge >= 0.3 is 0 Å². The fraction of sp³-hybridized carbons (Fsp3) is 0.571. The van der Waals surface area contributed by atoms with Gasteiger partial charge in [-0.3, -0.25) is 0 Å². The standard InChI is InChI=1S/C14H24Si/c1-3-4-5-6-7-8-13-10-9-12(2)11-14(13)15/h9-11H,3-8H2,1-2,15H3. The third-order valence-corrected chi connectivity index (χ3v) is 3.98. The van der Waals surface area contributed by atoms with Crippen LogP contribution in [0.25, 0.3) is 0 Å². The second-order valence-corrected chi connectivity index (χ2v) is 5.67. The maximum Gasteiger partial charge on any atom is 0.0388 e. The second kappa shape index (κ2) is 6.84. The predicted octanol–water partition coefficient (Wildman–Crippen LogP) is 2.50. The van der Waals surface area contributed by atoms with Crippen molar-refractivity contribution >= 4 is 15.4 Å². The molecule has 84 valence electrons. The summed E-state index contributed by atoms with van der Waals surface area (Å²) >= 11 is 0. The van der Waals surface area contributed by atoms with E-state index in [2.05, 4.69) is 32.0 Å². The van der Waals surface area contributed by atoms with Crippen LogP contribution in [0.1, 0.15) is 50.2 Å². The average Bonchev–Trinajstić information content (AvgIpc) is 2.20. The molecule has 0 N–H and O–H groups in total. The van der Waals surface area contributed by atoms with Gasteiger partial charge in [0.2, 0.25) is 0 Å². The molecule has 0 radical (unpaired) electrons. The first-order valence-corrected chi connectivity index (χ1v) is 7.30. The van der Waals surface area contributed by atoms with E-state index in [4.69, 9.17) is 0 Å². The molecule has 0 aliphatic heterocycles. The SMILES string of the molecule is CCCCCCCc1ccc(C)cc1[SiH3]. The normalized spacial score (nSPS) is 10.8. The van der Waals surface area contributed by atoms with E-state index in [9.17, 15) is 0 Å². The van der Waals surface area contributed by atoms with E-state index in [-0.39, 0.29) is 0 Å². The zero-order valence-corrected chi connectivity index (χ0v) is 12.5. The van der Waals surface area contributed by atoms with Crippen molar-refractivity contribution in [2.24, 2.45) is 0 Å². The molecule has 0 saturated carbocycles. The molecule has 0 amide bonds. The van der Waals surface area contributed by atoms with Crippen molar-refractivity contribution in [1.82, 2.24) is 0 Å². The van der Waals surface area contributed by atoms with Crippen LogP contribution in [0, 0.1) is 6.92 Å². The number of benzene rings is 1. The summed E-state index contributed by atoms with van der Waals surface area (Å²) in [5.41, 5.74) is 3.01. The number of aryl methyl sites for hydroxylation is 2. The molecule has 0 nitrogen and oxygen atoms in total. The first-order valence-electron chi connectivity index (χ1n) is 6.30. The fourth-order valence-corrected chi connectivity index (χ4v) is 2.92. The van der Waals surface area contributed by atoms with Gasteiger partial charge < -0.3 is 0 Å². The molecule has 1 heteroatoms. The van der Waals surface area contributed by atoms with Crippen LogP contribution in [-0.4, -0.2) is 10.2 Å². The summed E-state index contributed by atoms with van der Waals surface area (Å²) in [4.78, 5) is 0. The minimum Gasteiger partial charge on any atom is -0.0674 e. The lowest BCUT2D eigenvalue weighted by atomic mass is 10.0. The van der Waals surface area contributed by atoms with Crippen LogP contribution in [0.15, 0.2) is 18.2 Å². The first-order chi connectivity index (χ1) is 7.24. The zero-order chi connectivity index (χ0) is 11.1. The van der Waals surface area contributed by atoms with Crippen molar-refractivity contribution in [2.45, 2.75) is 52.4 Å². The highest BCUT2D eigenvalue weighted by Crippen LogP contribution is 2.08. The number of unbranched alkanes of at least 4 members (excludes halogenated alkanes) is 4. The minimum atomic E-state index is 1.19. The van der Waals surface area contributed by atoms with Crippen molar-refractivity contribution < 1.29 is 0 Å². The first kappa shape index (κ1) is 12.5. The van der Waals surface area contributed by atoms with Gasteiger partial charge in [-0.05, 0) is 25.3 Å². The Morgan fingerprint density at radius 2 is 1.80 bits per heavy atom. The van der Waals surface area contributed by atoms with Crippen molar-refractivity contribution in [2.75, 3.05) is 0 Å². The smallest absolute Gasteiger partial charge is 0.0388 e. The van der Waals surface area contributed by atoms with Crippen LogP contribution in [0.2, 0.25) is 0 Å². The molecule has 1 aromatic rings. The van der Waals surface area contributed by atoms with E-state index in [1.54, 1.807) is 10.8 Å². The van der Waals surface area contributed by atoms with Crippen molar-refractivity contribution in [3.63, 3.8) is 0 Å². The van der Waals surface area contributed by atoms with Crippen LogP contribution >= 0.6 is 0 Å². The van der Waals surface area contributed by atoms with Crippen LogP contribution in [-0.2, 0) is 6.42 Å². The van der Waals surface area contributed by atoms with Crippen LogP contribution in [0.3, 0.4) is 0 Å². The minimum absolute atomic E-state index is 1.19. The molecule has 0 aliphatic rings. The van der Waals surface area contributed by atoms with Gasteiger partial charge in [0.05, 0.1) is 0 Å². The van der Waals surface area contributed by atoms with E-state index in [1.807, 2.05) is 0 Å². The highest BCUT2D eigenvalue weighted by atomic mass is 28.1. The Balaban J connectivity index is 2.31. The van der Waals surface area contributed by atoms with Crippen LogP contribution < -0.4 is 5.19 Å². The molecule has 0 aromatic heterocycles. The van der Waals surface area contributed by atoms with E-state index in [0.717, 1.165) is 0 Å².